The zero-order valence-electron chi connectivity index (χ0n) is 11.3. The molecule has 2 amide bonds. The highest BCUT2D eigenvalue weighted by molar-refractivity contribution is 5.75. The van der Waals surface area contributed by atoms with Crippen LogP contribution < -0.4 is 5.32 Å². The van der Waals surface area contributed by atoms with Gasteiger partial charge in [-0.25, -0.2) is 4.79 Å². The van der Waals surface area contributed by atoms with E-state index in [0.717, 1.165) is 7.05 Å². The number of urea groups is 1. The molecule has 112 valence electrons. The van der Waals surface area contributed by atoms with Crippen LogP contribution in [0, 0.1) is 5.41 Å². The third-order valence-electron chi connectivity index (χ3n) is 2.48. The van der Waals surface area contributed by atoms with E-state index in [1.165, 1.54) is 0 Å². The van der Waals surface area contributed by atoms with Gasteiger partial charge in [-0.2, -0.15) is 13.2 Å². The highest BCUT2D eigenvalue weighted by atomic mass is 19.4. The van der Waals surface area contributed by atoms with E-state index in [4.69, 9.17) is 5.11 Å². The van der Waals surface area contributed by atoms with Crippen LogP contribution in [0.15, 0.2) is 0 Å². The van der Waals surface area contributed by atoms with Crippen LogP contribution in [0.25, 0.3) is 0 Å². The van der Waals surface area contributed by atoms with Gasteiger partial charge < -0.3 is 15.3 Å². The fourth-order valence-corrected chi connectivity index (χ4v) is 1.35. The number of rotatable bonds is 4. The van der Waals surface area contributed by atoms with Crippen molar-refractivity contribution >= 4 is 12.0 Å². The zero-order chi connectivity index (χ0) is 15.4. The number of carboxylic acids is 1. The molecule has 0 aliphatic rings. The third-order valence-corrected chi connectivity index (χ3v) is 2.48. The first-order valence-electron chi connectivity index (χ1n) is 5.63. The first-order chi connectivity index (χ1) is 8.33. The van der Waals surface area contributed by atoms with Gasteiger partial charge >= 0.3 is 18.2 Å². The van der Waals surface area contributed by atoms with Crippen LogP contribution in [0.5, 0.6) is 0 Å². The maximum atomic E-state index is 12.1. The first-order valence-corrected chi connectivity index (χ1v) is 5.63. The summed E-state index contributed by atoms with van der Waals surface area (Å²) in [6.07, 6.45) is -4.84. The maximum Gasteiger partial charge on any atom is 0.406 e. The molecule has 0 saturated carbocycles. The highest BCUT2D eigenvalue weighted by Gasteiger charge is 2.34. The van der Waals surface area contributed by atoms with Gasteiger partial charge in [-0.05, 0) is 5.41 Å². The predicted octanol–water partition coefficient (Wildman–Crippen LogP) is 2.08. The molecule has 0 bridgehead atoms. The van der Waals surface area contributed by atoms with Gasteiger partial charge in [0, 0.05) is 13.1 Å². The lowest BCUT2D eigenvalue weighted by atomic mass is 9.85. The van der Waals surface area contributed by atoms with Crippen LogP contribution in [-0.4, -0.2) is 47.8 Å². The van der Waals surface area contributed by atoms with Gasteiger partial charge in [0.25, 0.3) is 0 Å². The molecule has 0 aromatic rings. The standard InChI is InChI=1S/C11H19F3N2O3/c1-10(2,3)7(5-8(17)18)15-9(19)16(4)6-11(12,13)14/h7H,5-6H2,1-4H3,(H,15,19)(H,17,18). The van der Waals surface area contributed by atoms with E-state index >= 15 is 0 Å². The quantitative estimate of drug-likeness (QED) is 0.830. The normalized spacial score (nSPS) is 13.8. The fourth-order valence-electron chi connectivity index (χ4n) is 1.35. The van der Waals surface area contributed by atoms with Crippen LogP contribution in [0.1, 0.15) is 27.2 Å². The zero-order valence-corrected chi connectivity index (χ0v) is 11.3. The Morgan fingerprint density at radius 2 is 1.74 bits per heavy atom. The number of carboxylic acid groups (broad SMARTS) is 1. The lowest BCUT2D eigenvalue weighted by molar-refractivity contribution is -0.140. The van der Waals surface area contributed by atoms with Crippen molar-refractivity contribution in [3.8, 4) is 0 Å². The van der Waals surface area contributed by atoms with E-state index < -0.39 is 36.2 Å². The Bertz CT molecular complexity index is 337. The van der Waals surface area contributed by atoms with Crippen LogP contribution >= 0.6 is 0 Å². The van der Waals surface area contributed by atoms with Gasteiger partial charge in [0.2, 0.25) is 0 Å². The smallest absolute Gasteiger partial charge is 0.406 e. The van der Waals surface area contributed by atoms with Crippen molar-refractivity contribution in [2.75, 3.05) is 13.6 Å². The molecule has 0 spiro atoms. The largest absolute Gasteiger partial charge is 0.481 e. The van der Waals surface area contributed by atoms with Crippen LogP contribution in [0.4, 0.5) is 18.0 Å². The van der Waals surface area contributed by atoms with E-state index in [9.17, 15) is 22.8 Å². The van der Waals surface area contributed by atoms with E-state index in [1.54, 1.807) is 20.8 Å². The SMILES string of the molecule is CN(CC(F)(F)F)C(=O)NC(CC(=O)O)C(C)(C)C. The minimum atomic E-state index is -4.49. The molecule has 2 N–H and O–H groups in total. The topological polar surface area (TPSA) is 69.6 Å². The Hall–Kier alpha value is -1.47. The van der Waals surface area contributed by atoms with Crippen molar-refractivity contribution in [2.24, 2.45) is 5.41 Å². The minimum absolute atomic E-state index is 0.352. The van der Waals surface area contributed by atoms with Gasteiger partial charge in [0.15, 0.2) is 0 Å². The number of nitrogens with one attached hydrogen (secondary N) is 1. The first kappa shape index (κ1) is 17.5. The van der Waals surface area contributed by atoms with Crippen molar-refractivity contribution in [3.63, 3.8) is 0 Å². The summed E-state index contributed by atoms with van der Waals surface area (Å²) >= 11 is 0. The van der Waals surface area contributed by atoms with Crippen molar-refractivity contribution < 1.29 is 27.9 Å². The summed E-state index contributed by atoms with van der Waals surface area (Å²) in [4.78, 5) is 22.7. The number of carbonyl (C=O) groups excluding carboxylic acids is 1. The molecule has 5 nitrogen and oxygen atoms in total. The summed E-state index contributed by atoms with van der Waals surface area (Å²) in [7, 11) is 1.00. The highest BCUT2D eigenvalue weighted by Crippen LogP contribution is 2.22. The molecule has 0 radical (unpaired) electrons. The van der Waals surface area contributed by atoms with Gasteiger partial charge in [0.05, 0.1) is 6.42 Å². The average molecular weight is 284 g/mol. The van der Waals surface area contributed by atoms with Gasteiger partial charge in [0.1, 0.15) is 6.54 Å². The van der Waals surface area contributed by atoms with Crippen LogP contribution in [-0.2, 0) is 4.79 Å². The third kappa shape index (κ3) is 7.53. The molecule has 0 saturated heterocycles. The van der Waals surface area contributed by atoms with E-state index in [2.05, 4.69) is 5.32 Å². The number of nitrogens with zero attached hydrogens (tertiary/aromatic N) is 1. The number of alkyl halides is 3. The Balaban J connectivity index is 4.68. The summed E-state index contributed by atoms with van der Waals surface area (Å²) in [6.45, 7) is 3.71. The lowest BCUT2D eigenvalue weighted by Crippen LogP contribution is -2.51. The molecular weight excluding hydrogens is 265 g/mol. The number of carbonyl (C=O) groups is 2. The number of hydrogen-bond acceptors (Lipinski definition) is 2. The monoisotopic (exact) mass is 284 g/mol. The Morgan fingerprint density at radius 1 is 1.26 bits per heavy atom. The molecule has 1 atom stereocenters. The molecule has 19 heavy (non-hydrogen) atoms. The second-order valence-electron chi connectivity index (χ2n) is 5.44. The van der Waals surface area contributed by atoms with Gasteiger partial charge in [-0.3, -0.25) is 4.79 Å². The summed E-state index contributed by atoms with van der Waals surface area (Å²) in [6, 6.07) is -1.70. The average Bonchev–Trinajstić information content (AvgIpc) is 2.11. The molecule has 0 aliphatic carbocycles. The summed E-state index contributed by atoms with van der Waals surface area (Å²) in [5.74, 6) is -1.13. The summed E-state index contributed by atoms with van der Waals surface area (Å²) < 4.78 is 36.4. The number of aliphatic carboxylic acids is 1. The Labute approximate surface area is 109 Å². The van der Waals surface area contributed by atoms with Crippen molar-refractivity contribution in [1.29, 1.82) is 0 Å². The predicted molar refractivity (Wildman–Crippen MR) is 62.7 cm³/mol. The van der Waals surface area contributed by atoms with Gasteiger partial charge in [-0.15, -0.1) is 0 Å². The minimum Gasteiger partial charge on any atom is -0.481 e. The summed E-state index contributed by atoms with van der Waals surface area (Å²) in [5.41, 5.74) is -0.576. The molecule has 0 aliphatic heterocycles. The molecule has 0 aromatic carbocycles. The van der Waals surface area contributed by atoms with Crippen LogP contribution in [0.2, 0.25) is 0 Å². The van der Waals surface area contributed by atoms with Crippen molar-refractivity contribution in [2.45, 2.75) is 39.4 Å². The fraction of sp³-hybridized carbons (Fsp3) is 0.818. The molecule has 8 heteroatoms. The molecule has 0 fully saturated rings. The van der Waals surface area contributed by atoms with E-state index in [-0.39, 0.29) is 6.42 Å². The molecule has 0 aromatic heterocycles. The van der Waals surface area contributed by atoms with Crippen molar-refractivity contribution in [3.05, 3.63) is 0 Å². The second kappa shape index (κ2) is 6.12. The molecule has 0 rings (SSSR count). The molecule has 1 unspecified atom stereocenters. The van der Waals surface area contributed by atoms with Crippen LogP contribution in [0.3, 0.4) is 0 Å². The molecular formula is C11H19F3N2O3. The van der Waals surface area contributed by atoms with E-state index in [0.29, 0.717) is 4.90 Å². The van der Waals surface area contributed by atoms with E-state index in [1.807, 2.05) is 0 Å². The van der Waals surface area contributed by atoms with Crippen molar-refractivity contribution in [1.82, 2.24) is 10.2 Å². The number of hydrogen-bond donors (Lipinski definition) is 2. The summed E-state index contributed by atoms with van der Waals surface area (Å²) in [5, 5.41) is 11.1. The Kier molecular flexibility index (Phi) is 5.64. The van der Waals surface area contributed by atoms with Gasteiger partial charge in [-0.1, -0.05) is 20.8 Å². The second-order valence-corrected chi connectivity index (χ2v) is 5.44. The Morgan fingerprint density at radius 3 is 2.05 bits per heavy atom. The number of halogens is 3. The lowest BCUT2D eigenvalue weighted by Gasteiger charge is -2.32. The number of amides is 2. The molecule has 0 heterocycles. The maximum absolute atomic E-state index is 12.1.